The fraction of sp³-hybridized carbons (Fsp3) is 0.333. The molecule has 1 aromatic carbocycles. The van der Waals surface area contributed by atoms with Crippen LogP contribution in [0, 0.1) is 0 Å². The predicted octanol–water partition coefficient (Wildman–Crippen LogP) is 4.59. The number of aromatic nitrogens is 1. The third-order valence-corrected chi connectivity index (χ3v) is 8.70. The Kier molecular flexibility index (Phi) is 6.78. The Morgan fingerprint density at radius 3 is 2.65 bits per heavy atom. The summed E-state index contributed by atoms with van der Waals surface area (Å²) >= 11 is 9.14. The molecule has 0 spiro atoms. The van der Waals surface area contributed by atoms with Crippen LogP contribution in [0.2, 0.25) is 5.02 Å². The molecule has 0 radical (unpaired) electrons. The van der Waals surface area contributed by atoms with E-state index in [-0.39, 0.29) is 18.5 Å². The monoisotopic (exact) mass is 495 g/mol. The molecule has 1 saturated heterocycles. The molecular formula is C21H22ClN3O3S3. The highest BCUT2D eigenvalue weighted by Crippen LogP contribution is 2.29. The van der Waals surface area contributed by atoms with Crippen LogP contribution in [0.1, 0.15) is 28.9 Å². The highest BCUT2D eigenvalue weighted by molar-refractivity contribution is 7.88. The van der Waals surface area contributed by atoms with Crippen molar-refractivity contribution in [2.24, 2.45) is 0 Å². The first-order chi connectivity index (χ1) is 14.8. The highest BCUT2D eigenvalue weighted by Gasteiger charge is 2.32. The van der Waals surface area contributed by atoms with E-state index in [1.165, 1.54) is 21.9 Å². The molecule has 4 rings (SSSR count). The maximum absolute atomic E-state index is 12.8. The standard InChI is InChI=1S/C21H22ClN3O3S3/c1-31(27,28)25(13-17-14-30-20(23-17)19-6-3-11-29-19)18-7-9-24(10-8-18)21(26)15-4-2-5-16(22)12-15/h2-6,11-12,14,18H,7-10,13H2,1H3. The third kappa shape index (κ3) is 5.35. The van der Waals surface area contributed by atoms with Gasteiger partial charge in [0.1, 0.15) is 5.01 Å². The fourth-order valence-electron chi connectivity index (χ4n) is 3.73. The number of nitrogens with zero attached hydrogens (tertiary/aromatic N) is 3. The molecule has 6 nitrogen and oxygen atoms in total. The van der Waals surface area contributed by atoms with Crippen molar-refractivity contribution in [2.45, 2.75) is 25.4 Å². The van der Waals surface area contributed by atoms with Crippen LogP contribution in [0.25, 0.3) is 9.88 Å². The van der Waals surface area contributed by atoms with Gasteiger partial charge in [0.25, 0.3) is 5.91 Å². The minimum absolute atomic E-state index is 0.0769. The van der Waals surface area contributed by atoms with Crippen molar-refractivity contribution in [1.82, 2.24) is 14.2 Å². The minimum Gasteiger partial charge on any atom is -0.339 e. The Morgan fingerprint density at radius 2 is 2.00 bits per heavy atom. The van der Waals surface area contributed by atoms with E-state index in [4.69, 9.17) is 11.6 Å². The Bertz CT molecular complexity index is 1150. The van der Waals surface area contributed by atoms with E-state index < -0.39 is 10.0 Å². The van der Waals surface area contributed by atoms with E-state index in [1.54, 1.807) is 40.5 Å². The number of hydrogen-bond donors (Lipinski definition) is 0. The van der Waals surface area contributed by atoms with Crippen molar-refractivity contribution in [2.75, 3.05) is 19.3 Å². The summed E-state index contributed by atoms with van der Waals surface area (Å²) in [5, 5.41) is 5.34. The van der Waals surface area contributed by atoms with E-state index in [9.17, 15) is 13.2 Å². The Morgan fingerprint density at radius 1 is 1.23 bits per heavy atom. The molecule has 0 N–H and O–H groups in total. The summed E-state index contributed by atoms with van der Waals surface area (Å²) in [4.78, 5) is 20.2. The molecule has 0 unspecified atom stereocenters. The van der Waals surface area contributed by atoms with Crippen molar-refractivity contribution >= 4 is 50.2 Å². The van der Waals surface area contributed by atoms with Crippen molar-refractivity contribution < 1.29 is 13.2 Å². The van der Waals surface area contributed by atoms with Crippen LogP contribution in [0.4, 0.5) is 0 Å². The SMILES string of the molecule is CS(=O)(=O)N(Cc1csc(-c2cccs2)n1)C1CCN(C(=O)c2cccc(Cl)c2)CC1. The van der Waals surface area contributed by atoms with Gasteiger partial charge in [-0.25, -0.2) is 13.4 Å². The molecule has 1 aliphatic rings. The zero-order valence-corrected chi connectivity index (χ0v) is 20.1. The van der Waals surface area contributed by atoms with Crippen LogP contribution in [0.3, 0.4) is 0 Å². The van der Waals surface area contributed by atoms with Crippen LogP contribution in [0.15, 0.2) is 47.2 Å². The molecule has 0 saturated carbocycles. The number of carbonyl (C=O) groups is 1. The molecule has 1 fully saturated rings. The maximum atomic E-state index is 12.8. The third-order valence-electron chi connectivity index (χ3n) is 5.26. The number of piperidine rings is 1. The van der Waals surface area contributed by atoms with E-state index in [0.717, 1.165) is 15.6 Å². The molecule has 10 heteroatoms. The van der Waals surface area contributed by atoms with Crippen molar-refractivity contribution in [1.29, 1.82) is 0 Å². The number of hydrogen-bond acceptors (Lipinski definition) is 6. The molecule has 2 aromatic heterocycles. The number of thiophene rings is 1. The largest absolute Gasteiger partial charge is 0.339 e. The van der Waals surface area contributed by atoms with Gasteiger partial charge in [-0.3, -0.25) is 4.79 Å². The first-order valence-corrected chi connectivity index (χ1v) is 13.8. The van der Waals surface area contributed by atoms with Gasteiger partial charge in [0.05, 0.1) is 23.4 Å². The minimum atomic E-state index is -3.42. The molecule has 0 aliphatic carbocycles. The van der Waals surface area contributed by atoms with Crippen molar-refractivity contribution in [3.63, 3.8) is 0 Å². The van der Waals surface area contributed by atoms with Crippen LogP contribution in [-0.2, 0) is 16.6 Å². The van der Waals surface area contributed by atoms with Gasteiger partial charge in [-0.05, 0) is 42.5 Å². The molecule has 1 amide bonds. The Labute approximate surface area is 195 Å². The number of rotatable bonds is 6. The summed E-state index contributed by atoms with van der Waals surface area (Å²) in [6.07, 6.45) is 2.41. The van der Waals surface area contributed by atoms with Gasteiger partial charge in [-0.2, -0.15) is 4.31 Å². The van der Waals surface area contributed by atoms with Crippen LogP contribution in [0.5, 0.6) is 0 Å². The summed E-state index contributed by atoms with van der Waals surface area (Å²) < 4.78 is 26.6. The summed E-state index contributed by atoms with van der Waals surface area (Å²) in [6.45, 7) is 1.24. The summed E-state index contributed by atoms with van der Waals surface area (Å²) in [7, 11) is -3.42. The second kappa shape index (κ2) is 9.38. The van der Waals surface area contributed by atoms with E-state index in [1.807, 2.05) is 22.9 Å². The van der Waals surface area contributed by atoms with Gasteiger partial charge < -0.3 is 4.90 Å². The molecule has 164 valence electrons. The number of likely N-dealkylation sites (tertiary alicyclic amines) is 1. The molecule has 0 bridgehead atoms. The molecule has 3 aromatic rings. The average Bonchev–Trinajstić information content (AvgIpc) is 3.43. The Balaban J connectivity index is 1.43. The zero-order chi connectivity index (χ0) is 22.0. The van der Waals surface area contributed by atoms with Gasteiger partial charge in [-0.15, -0.1) is 22.7 Å². The number of benzene rings is 1. The number of amides is 1. The van der Waals surface area contributed by atoms with Crippen LogP contribution in [-0.4, -0.2) is 53.9 Å². The lowest BCUT2D eigenvalue weighted by atomic mass is 10.0. The molecule has 1 aliphatic heterocycles. The number of sulfonamides is 1. The lowest BCUT2D eigenvalue weighted by Gasteiger charge is -2.37. The smallest absolute Gasteiger partial charge is 0.253 e. The van der Waals surface area contributed by atoms with Crippen LogP contribution >= 0.6 is 34.3 Å². The first kappa shape index (κ1) is 22.4. The predicted molar refractivity (Wildman–Crippen MR) is 126 cm³/mol. The van der Waals surface area contributed by atoms with Gasteiger partial charge in [0, 0.05) is 35.1 Å². The maximum Gasteiger partial charge on any atom is 0.253 e. The number of carbonyl (C=O) groups excluding carboxylic acids is 1. The summed E-state index contributed by atoms with van der Waals surface area (Å²) in [5.41, 5.74) is 1.30. The number of halogens is 1. The van der Waals surface area contributed by atoms with Crippen molar-refractivity contribution in [3.8, 4) is 9.88 Å². The fourth-order valence-corrected chi connectivity index (χ4v) is 6.67. The highest BCUT2D eigenvalue weighted by atomic mass is 35.5. The lowest BCUT2D eigenvalue weighted by Crippen LogP contribution is -2.48. The van der Waals surface area contributed by atoms with E-state index >= 15 is 0 Å². The molecule has 0 atom stereocenters. The van der Waals surface area contributed by atoms with Gasteiger partial charge in [-0.1, -0.05) is 23.7 Å². The number of thiazole rings is 1. The molecule has 31 heavy (non-hydrogen) atoms. The van der Waals surface area contributed by atoms with Gasteiger partial charge in [0.15, 0.2) is 0 Å². The second-order valence-corrected chi connectivity index (χ2v) is 11.6. The van der Waals surface area contributed by atoms with Crippen LogP contribution < -0.4 is 0 Å². The lowest BCUT2D eigenvalue weighted by molar-refractivity contribution is 0.0676. The second-order valence-electron chi connectivity index (χ2n) is 7.46. The normalized spacial score (nSPS) is 15.5. The van der Waals surface area contributed by atoms with E-state index in [2.05, 4.69) is 4.98 Å². The van der Waals surface area contributed by atoms with Crippen molar-refractivity contribution in [3.05, 3.63) is 63.4 Å². The molecular weight excluding hydrogens is 474 g/mol. The first-order valence-electron chi connectivity index (χ1n) is 9.81. The van der Waals surface area contributed by atoms with Gasteiger partial charge >= 0.3 is 0 Å². The Hall–Kier alpha value is -1.78. The zero-order valence-electron chi connectivity index (χ0n) is 16.9. The quantitative estimate of drug-likeness (QED) is 0.501. The molecule has 3 heterocycles. The summed E-state index contributed by atoms with van der Waals surface area (Å²) in [5.74, 6) is -0.0769. The van der Waals surface area contributed by atoms with Gasteiger partial charge in [0.2, 0.25) is 10.0 Å². The topological polar surface area (TPSA) is 70.6 Å². The summed E-state index contributed by atoms with van der Waals surface area (Å²) in [6, 6.07) is 10.7. The average molecular weight is 496 g/mol. The van der Waals surface area contributed by atoms with E-state index in [0.29, 0.717) is 36.5 Å².